The zero-order valence-corrected chi connectivity index (χ0v) is 12.7. The summed E-state index contributed by atoms with van der Waals surface area (Å²) in [5, 5.41) is 5.15. The average molecular weight is 297 g/mol. The first-order chi connectivity index (χ1) is 9.85. The fourth-order valence-electron chi connectivity index (χ4n) is 2.15. The third-order valence-corrected chi connectivity index (χ3v) is 3.35. The van der Waals surface area contributed by atoms with Crippen molar-refractivity contribution in [1.29, 1.82) is 0 Å². The average Bonchev–Trinajstić information content (AvgIpc) is 2.80. The molecule has 0 spiro atoms. The molecule has 1 heterocycles. The van der Waals surface area contributed by atoms with E-state index in [1.54, 1.807) is 20.8 Å². The molecule has 7 heteroatoms. The van der Waals surface area contributed by atoms with Crippen LogP contribution in [0, 0.1) is 5.92 Å². The monoisotopic (exact) mass is 297 g/mol. The number of amides is 3. The summed E-state index contributed by atoms with van der Waals surface area (Å²) in [6.45, 7) is 5.72. The number of likely N-dealkylation sites (tertiary alicyclic amines) is 1. The van der Waals surface area contributed by atoms with Crippen LogP contribution in [0.3, 0.4) is 0 Å². The standard InChI is InChI=1S/C14H23N3O4/c1-9(2)13(14(21)15-10(3)8-18)16-11(19)7-17-6-4-5-12(17)20/h8-10,13H,4-7H2,1-3H3,(H,15,21)(H,16,19)/t10?,13-/m0/s1. The Labute approximate surface area is 124 Å². The normalized spacial score (nSPS) is 17.5. The summed E-state index contributed by atoms with van der Waals surface area (Å²) in [5.74, 6) is -0.920. The van der Waals surface area contributed by atoms with E-state index in [0.717, 1.165) is 6.42 Å². The van der Waals surface area contributed by atoms with E-state index in [1.165, 1.54) is 4.90 Å². The predicted octanol–water partition coefficient (Wildman–Crippen LogP) is -0.547. The Morgan fingerprint density at radius 2 is 1.95 bits per heavy atom. The minimum absolute atomic E-state index is 0.0292. The number of carbonyl (C=O) groups is 4. The van der Waals surface area contributed by atoms with Crippen molar-refractivity contribution in [2.24, 2.45) is 5.92 Å². The van der Waals surface area contributed by atoms with Gasteiger partial charge in [0.2, 0.25) is 17.7 Å². The highest BCUT2D eigenvalue weighted by molar-refractivity contribution is 5.91. The van der Waals surface area contributed by atoms with Gasteiger partial charge in [-0.05, 0) is 19.3 Å². The highest BCUT2D eigenvalue weighted by Gasteiger charge is 2.27. The van der Waals surface area contributed by atoms with E-state index in [2.05, 4.69) is 10.6 Å². The van der Waals surface area contributed by atoms with Crippen molar-refractivity contribution in [3.8, 4) is 0 Å². The molecule has 1 aliphatic heterocycles. The Kier molecular flexibility index (Phi) is 6.33. The third-order valence-electron chi connectivity index (χ3n) is 3.35. The van der Waals surface area contributed by atoms with Gasteiger partial charge in [-0.15, -0.1) is 0 Å². The zero-order valence-electron chi connectivity index (χ0n) is 12.7. The summed E-state index contributed by atoms with van der Waals surface area (Å²) in [7, 11) is 0. The van der Waals surface area contributed by atoms with Crippen LogP contribution in [0.15, 0.2) is 0 Å². The largest absolute Gasteiger partial charge is 0.345 e. The Morgan fingerprint density at radius 3 is 2.43 bits per heavy atom. The first-order valence-electron chi connectivity index (χ1n) is 7.18. The molecule has 1 rings (SSSR count). The Bertz CT molecular complexity index is 422. The molecule has 0 aromatic heterocycles. The van der Waals surface area contributed by atoms with Crippen LogP contribution in [0.4, 0.5) is 0 Å². The van der Waals surface area contributed by atoms with Gasteiger partial charge in [-0.1, -0.05) is 13.8 Å². The summed E-state index contributed by atoms with van der Waals surface area (Å²) in [6, 6.07) is -1.33. The van der Waals surface area contributed by atoms with Crippen molar-refractivity contribution in [1.82, 2.24) is 15.5 Å². The molecular weight excluding hydrogens is 274 g/mol. The molecule has 0 saturated carbocycles. The molecule has 2 atom stereocenters. The summed E-state index contributed by atoms with van der Waals surface area (Å²) in [4.78, 5) is 47.5. The molecule has 0 aromatic rings. The second-order valence-electron chi connectivity index (χ2n) is 5.64. The van der Waals surface area contributed by atoms with Crippen molar-refractivity contribution in [3.05, 3.63) is 0 Å². The Morgan fingerprint density at radius 1 is 1.29 bits per heavy atom. The lowest BCUT2D eigenvalue weighted by atomic mass is 10.0. The van der Waals surface area contributed by atoms with Crippen molar-refractivity contribution in [3.63, 3.8) is 0 Å². The Hall–Kier alpha value is -1.92. The van der Waals surface area contributed by atoms with Crippen LogP contribution in [0.5, 0.6) is 0 Å². The van der Waals surface area contributed by atoms with Gasteiger partial charge in [0.15, 0.2) is 0 Å². The van der Waals surface area contributed by atoms with Gasteiger partial charge >= 0.3 is 0 Å². The molecule has 0 aromatic carbocycles. The molecule has 3 amide bonds. The fraction of sp³-hybridized carbons (Fsp3) is 0.714. The van der Waals surface area contributed by atoms with Gasteiger partial charge in [-0.2, -0.15) is 0 Å². The first kappa shape index (κ1) is 17.1. The minimum Gasteiger partial charge on any atom is -0.345 e. The maximum atomic E-state index is 12.0. The van der Waals surface area contributed by atoms with Crippen LogP contribution in [-0.4, -0.2) is 54.1 Å². The van der Waals surface area contributed by atoms with E-state index in [0.29, 0.717) is 19.3 Å². The van der Waals surface area contributed by atoms with Crippen LogP contribution >= 0.6 is 0 Å². The van der Waals surface area contributed by atoms with E-state index in [9.17, 15) is 19.2 Å². The molecular formula is C14H23N3O4. The lowest BCUT2D eigenvalue weighted by Gasteiger charge is -2.24. The number of hydrogen-bond acceptors (Lipinski definition) is 4. The van der Waals surface area contributed by atoms with Crippen LogP contribution in [0.2, 0.25) is 0 Å². The molecule has 1 aliphatic rings. The number of hydrogen-bond donors (Lipinski definition) is 2. The smallest absolute Gasteiger partial charge is 0.243 e. The quantitative estimate of drug-likeness (QED) is 0.617. The molecule has 0 aliphatic carbocycles. The Balaban J connectivity index is 2.57. The van der Waals surface area contributed by atoms with Crippen LogP contribution in [0.1, 0.15) is 33.6 Å². The van der Waals surface area contributed by atoms with E-state index < -0.39 is 18.0 Å². The molecule has 1 saturated heterocycles. The fourth-order valence-corrected chi connectivity index (χ4v) is 2.15. The summed E-state index contributed by atoms with van der Waals surface area (Å²) < 4.78 is 0. The minimum atomic E-state index is -0.724. The van der Waals surface area contributed by atoms with Crippen molar-refractivity contribution < 1.29 is 19.2 Å². The maximum Gasteiger partial charge on any atom is 0.243 e. The second-order valence-corrected chi connectivity index (χ2v) is 5.64. The van der Waals surface area contributed by atoms with Crippen molar-refractivity contribution in [2.45, 2.75) is 45.7 Å². The number of rotatable bonds is 7. The SMILES string of the molecule is CC(C=O)NC(=O)[C@@H](NC(=O)CN1CCCC1=O)C(C)C. The van der Waals surface area contributed by atoms with Gasteiger partial charge in [0.05, 0.1) is 12.6 Å². The number of aldehydes is 1. The van der Waals surface area contributed by atoms with E-state index in [1.807, 2.05) is 0 Å². The molecule has 21 heavy (non-hydrogen) atoms. The first-order valence-corrected chi connectivity index (χ1v) is 7.18. The maximum absolute atomic E-state index is 12.0. The molecule has 2 N–H and O–H groups in total. The van der Waals surface area contributed by atoms with E-state index in [-0.39, 0.29) is 24.3 Å². The zero-order chi connectivity index (χ0) is 16.0. The van der Waals surface area contributed by atoms with Gasteiger partial charge in [0, 0.05) is 13.0 Å². The van der Waals surface area contributed by atoms with Gasteiger partial charge in [-0.3, -0.25) is 14.4 Å². The van der Waals surface area contributed by atoms with Crippen molar-refractivity contribution in [2.75, 3.05) is 13.1 Å². The number of nitrogens with zero attached hydrogens (tertiary/aromatic N) is 1. The predicted molar refractivity (Wildman–Crippen MR) is 76.3 cm³/mol. The number of carbonyl (C=O) groups excluding carboxylic acids is 4. The van der Waals surface area contributed by atoms with Gasteiger partial charge in [0.1, 0.15) is 12.3 Å². The van der Waals surface area contributed by atoms with Crippen LogP contribution in [0.25, 0.3) is 0 Å². The highest BCUT2D eigenvalue weighted by Crippen LogP contribution is 2.09. The molecule has 1 fully saturated rings. The molecule has 118 valence electrons. The lowest BCUT2D eigenvalue weighted by molar-refractivity contribution is -0.135. The third kappa shape index (κ3) is 5.17. The van der Waals surface area contributed by atoms with Crippen LogP contribution < -0.4 is 10.6 Å². The summed E-state index contributed by atoms with van der Waals surface area (Å²) >= 11 is 0. The summed E-state index contributed by atoms with van der Waals surface area (Å²) in [5.41, 5.74) is 0. The molecule has 7 nitrogen and oxygen atoms in total. The molecule has 0 radical (unpaired) electrons. The highest BCUT2D eigenvalue weighted by atomic mass is 16.2. The molecule has 0 bridgehead atoms. The lowest BCUT2D eigenvalue weighted by Crippen LogP contribution is -2.53. The topological polar surface area (TPSA) is 95.6 Å². The molecule has 1 unspecified atom stereocenters. The van der Waals surface area contributed by atoms with E-state index >= 15 is 0 Å². The second kappa shape index (κ2) is 7.75. The van der Waals surface area contributed by atoms with Crippen molar-refractivity contribution >= 4 is 24.0 Å². The van der Waals surface area contributed by atoms with Gasteiger partial charge in [-0.25, -0.2) is 0 Å². The number of nitrogens with one attached hydrogen (secondary N) is 2. The van der Waals surface area contributed by atoms with Gasteiger partial charge < -0.3 is 20.3 Å². The van der Waals surface area contributed by atoms with Gasteiger partial charge in [0.25, 0.3) is 0 Å². The van der Waals surface area contributed by atoms with Crippen LogP contribution in [-0.2, 0) is 19.2 Å². The van der Waals surface area contributed by atoms with E-state index in [4.69, 9.17) is 0 Å². The summed E-state index contributed by atoms with van der Waals surface area (Å²) in [6.07, 6.45) is 1.86.